The van der Waals surface area contributed by atoms with Crippen molar-refractivity contribution >= 4 is 23.5 Å². The van der Waals surface area contributed by atoms with E-state index in [0.29, 0.717) is 0 Å². The summed E-state index contributed by atoms with van der Waals surface area (Å²) in [6, 6.07) is 0. The van der Waals surface area contributed by atoms with Crippen molar-refractivity contribution < 1.29 is 0 Å². The van der Waals surface area contributed by atoms with Gasteiger partial charge in [-0.25, -0.2) is 0 Å². The van der Waals surface area contributed by atoms with Crippen molar-refractivity contribution in [1.29, 1.82) is 0 Å². The van der Waals surface area contributed by atoms with E-state index in [1.807, 2.05) is 23.5 Å². The quantitative estimate of drug-likeness (QED) is 0.572. The standard InChI is InChI=1S/C7H16S2/c1-4-5-6-7(8-2)9-3/h7H,4-6H2,1-3H3. The maximum atomic E-state index is 2.25. The molecule has 0 saturated heterocycles. The minimum Gasteiger partial charge on any atom is -0.151 e. The van der Waals surface area contributed by atoms with Crippen molar-refractivity contribution in [3.05, 3.63) is 0 Å². The summed E-state index contributed by atoms with van der Waals surface area (Å²) in [7, 11) is 0. The van der Waals surface area contributed by atoms with Crippen LogP contribution in [-0.4, -0.2) is 17.1 Å². The molecule has 0 N–H and O–H groups in total. The molecule has 0 aromatic rings. The van der Waals surface area contributed by atoms with Gasteiger partial charge in [0.2, 0.25) is 0 Å². The van der Waals surface area contributed by atoms with Gasteiger partial charge < -0.3 is 0 Å². The molecule has 0 aliphatic carbocycles. The first kappa shape index (κ1) is 9.70. The van der Waals surface area contributed by atoms with Crippen LogP contribution in [0.1, 0.15) is 26.2 Å². The predicted molar refractivity (Wildman–Crippen MR) is 50.3 cm³/mol. The minimum absolute atomic E-state index is 0.838. The largest absolute Gasteiger partial charge is 0.151 e. The van der Waals surface area contributed by atoms with Crippen LogP contribution in [-0.2, 0) is 0 Å². The first-order chi connectivity index (χ1) is 4.35. The summed E-state index contributed by atoms with van der Waals surface area (Å²) in [5.41, 5.74) is 0. The molecule has 0 nitrogen and oxygen atoms in total. The van der Waals surface area contributed by atoms with Gasteiger partial charge in [0.05, 0.1) is 0 Å². The summed E-state index contributed by atoms with van der Waals surface area (Å²) >= 11 is 3.95. The lowest BCUT2D eigenvalue weighted by molar-refractivity contribution is 0.764. The fourth-order valence-electron chi connectivity index (χ4n) is 0.703. The molecule has 2 heteroatoms. The molecule has 0 aromatic heterocycles. The fourth-order valence-corrected chi connectivity index (χ4v) is 2.28. The molecule has 0 radical (unpaired) electrons. The zero-order valence-electron chi connectivity index (χ0n) is 6.52. The lowest BCUT2D eigenvalue weighted by Crippen LogP contribution is -1.93. The third-order valence-electron chi connectivity index (χ3n) is 1.32. The van der Waals surface area contributed by atoms with E-state index in [2.05, 4.69) is 19.4 Å². The van der Waals surface area contributed by atoms with Crippen LogP contribution in [0.5, 0.6) is 0 Å². The highest BCUT2D eigenvalue weighted by molar-refractivity contribution is 8.16. The van der Waals surface area contributed by atoms with Crippen LogP contribution < -0.4 is 0 Å². The molecule has 0 saturated carbocycles. The van der Waals surface area contributed by atoms with Gasteiger partial charge in [-0.3, -0.25) is 0 Å². The average molecular weight is 164 g/mol. The molecule has 56 valence electrons. The molecular formula is C7H16S2. The third-order valence-corrected chi connectivity index (χ3v) is 4.00. The second kappa shape index (κ2) is 6.81. The van der Waals surface area contributed by atoms with Crippen molar-refractivity contribution in [3.8, 4) is 0 Å². The van der Waals surface area contributed by atoms with Gasteiger partial charge in [-0.15, -0.1) is 0 Å². The van der Waals surface area contributed by atoms with Gasteiger partial charge in [0.25, 0.3) is 0 Å². The van der Waals surface area contributed by atoms with E-state index < -0.39 is 0 Å². The maximum absolute atomic E-state index is 2.25. The molecule has 0 aliphatic heterocycles. The Labute approximate surface area is 67.2 Å². The van der Waals surface area contributed by atoms with Gasteiger partial charge in [0.1, 0.15) is 0 Å². The van der Waals surface area contributed by atoms with Gasteiger partial charge in [0, 0.05) is 4.58 Å². The van der Waals surface area contributed by atoms with E-state index in [4.69, 9.17) is 0 Å². The van der Waals surface area contributed by atoms with E-state index in [1.165, 1.54) is 19.3 Å². The molecule has 0 unspecified atom stereocenters. The molecule has 9 heavy (non-hydrogen) atoms. The number of unbranched alkanes of at least 4 members (excludes halogenated alkanes) is 1. The number of hydrogen-bond acceptors (Lipinski definition) is 2. The van der Waals surface area contributed by atoms with Crippen LogP contribution in [0.15, 0.2) is 0 Å². The molecule has 0 heterocycles. The zero-order chi connectivity index (χ0) is 7.11. The number of rotatable bonds is 5. The van der Waals surface area contributed by atoms with Crippen LogP contribution in [0, 0.1) is 0 Å². The van der Waals surface area contributed by atoms with E-state index in [9.17, 15) is 0 Å². The Kier molecular flexibility index (Phi) is 7.34. The van der Waals surface area contributed by atoms with Gasteiger partial charge >= 0.3 is 0 Å². The van der Waals surface area contributed by atoms with E-state index in [-0.39, 0.29) is 0 Å². The monoisotopic (exact) mass is 164 g/mol. The summed E-state index contributed by atoms with van der Waals surface area (Å²) in [5, 5.41) is 0. The molecule has 0 fully saturated rings. The Morgan fingerprint density at radius 1 is 1.22 bits per heavy atom. The Balaban J connectivity index is 3.09. The Morgan fingerprint density at radius 2 is 1.78 bits per heavy atom. The highest BCUT2D eigenvalue weighted by atomic mass is 32.2. The SMILES string of the molecule is CCCCC(SC)SC. The van der Waals surface area contributed by atoms with E-state index in [1.54, 1.807) is 0 Å². The summed E-state index contributed by atoms with van der Waals surface area (Å²) in [6.07, 6.45) is 8.47. The number of thioether (sulfide) groups is 2. The molecule has 0 amide bonds. The molecule has 0 spiro atoms. The van der Waals surface area contributed by atoms with Crippen molar-refractivity contribution in [2.45, 2.75) is 30.8 Å². The van der Waals surface area contributed by atoms with Gasteiger partial charge in [0.15, 0.2) is 0 Å². The van der Waals surface area contributed by atoms with Crippen LogP contribution in [0.4, 0.5) is 0 Å². The van der Waals surface area contributed by atoms with Gasteiger partial charge in [-0.05, 0) is 18.9 Å². The molecular weight excluding hydrogens is 148 g/mol. The Morgan fingerprint density at radius 3 is 2.11 bits per heavy atom. The van der Waals surface area contributed by atoms with Crippen LogP contribution in [0.3, 0.4) is 0 Å². The smallest absolute Gasteiger partial charge is 0.0496 e. The summed E-state index contributed by atoms with van der Waals surface area (Å²) < 4.78 is 0.838. The summed E-state index contributed by atoms with van der Waals surface area (Å²) in [6.45, 7) is 2.25. The lowest BCUT2D eigenvalue weighted by atomic mass is 10.3. The first-order valence-electron chi connectivity index (χ1n) is 3.40. The van der Waals surface area contributed by atoms with Crippen LogP contribution >= 0.6 is 23.5 Å². The summed E-state index contributed by atoms with van der Waals surface area (Å²) in [5.74, 6) is 0. The highest BCUT2D eigenvalue weighted by Crippen LogP contribution is 2.23. The van der Waals surface area contributed by atoms with Crippen LogP contribution in [0.25, 0.3) is 0 Å². The second-order valence-electron chi connectivity index (χ2n) is 2.04. The maximum Gasteiger partial charge on any atom is 0.0496 e. The van der Waals surface area contributed by atoms with E-state index in [0.717, 1.165) is 4.58 Å². The van der Waals surface area contributed by atoms with Crippen LogP contribution in [0.2, 0.25) is 0 Å². The average Bonchev–Trinajstić information content (AvgIpc) is 1.91. The summed E-state index contributed by atoms with van der Waals surface area (Å²) in [4.78, 5) is 0. The lowest BCUT2D eigenvalue weighted by Gasteiger charge is -2.08. The van der Waals surface area contributed by atoms with Gasteiger partial charge in [-0.2, -0.15) is 23.5 Å². The van der Waals surface area contributed by atoms with Gasteiger partial charge in [-0.1, -0.05) is 19.8 Å². The van der Waals surface area contributed by atoms with E-state index >= 15 is 0 Å². The van der Waals surface area contributed by atoms with Crippen molar-refractivity contribution in [2.75, 3.05) is 12.5 Å². The molecule has 0 aliphatic rings. The topological polar surface area (TPSA) is 0 Å². The third kappa shape index (κ3) is 5.16. The molecule has 0 atom stereocenters. The van der Waals surface area contributed by atoms with Crippen molar-refractivity contribution in [1.82, 2.24) is 0 Å². The predicted octanol–water partition coefficient (Wildman–Crippen LogP) is 3.23. The molecule has 0 bridgehead atoms. The minimum atomic E-state index is 0.838. The zero-order valence-corrected chi connectivity index (χ0v) is 8.15. The van der Waals surface area contributed by atoms with Crippen molar-refractivity contribution in [3.63, 3.8) is 0 Å². The first-order valence-corrected chi connectivity index (χ1v) is 5.98. The normalized spacial score (nSPS) is 10.7. The fraction of sp³-hybridized carbons (Fsp3) is 1.00. The highest BCUT2D eigenvalue weighted by Gasteiger charge is 2.01. The number of hydrogen-bond donors (Lipinski definition) is 0. The molecule has 0 aromatic carbocycles. The Bertz CT molecular complexity index is 50.9. The Hall–Kier alpha value is 0.700. The second-order valence-corrected chi connectivity index (χ2v) is 4.42. The molecule has 0 rings (SSSR count). The van der Waals surface area contributed by atoms with Crippen molar-refractivity contribution in [2.24, 2.45) is 0 Å².